The molecule has 32 heavy (non-hydrogen) atoms. The van der Waals surface area contributed by atoms with Crippen molar-refractivity contribution < 1.29 is 19.1 Å². The number of carbonyl (C=O) groups excluding carboxylic acids is 3. The summed E-state index contributed by atoms with van der Waals surface area (Å²) in [4.78, 5) is 38.8. The van der Waals surface area contributed by atoms with Crippen LogP contribution >= 0.6 is 11.8 Å². The first-order valence-electron chi connectivity index (χ1n) is 10.1. The lowest BCUT2D eigenvalue weighted by Gasteiger charge is -2.21. The number of hydrogen-bond donors (Lipinski definition) is 3. The third-order valence-electron chi connectivity index (χ3n) is 5.26. The molecule has 0 radical (unpaired) electrons. The molecule has 3 N–H and O–H groups in total. The number of nitrogens with one attached hydrogen (secondary N) is 3. The van der Waals surface area contributed by atoms with Crippen LogP contribution in [0.1, 0.15) is 27.1 Å². The number of hydrogen-bond acceptors (Lipinski definition) is 6. The minimum Gasteiger partial charge on any atom is -0.464 e. The Labute approximate surface area is 188 Å². The number of para-hydroxylation sites is 1. The van der Waals surface area contributed by atoms with Gasteiger partial charge in [0.1, 0.15) is 6.04 Å². The van der Waals surface area contributed by atoms with E-state index in [-0.39, 0.29) is 11.8 Å². The smallest absolute Gasteiger partial charge is 0.328 e. The summed E-state index contributed by atoms with van der Waals surface area (Å²) in [7, 11) is 0. The fourth-order valence-electron chi connectivity index (χ4n) is 3.56. The van der Waals surface area contributed by atoms with Gasteiger partial charge in [-0.3, -0.25) is 9.59 Å². The Morgan fingerprint density at radius 3 is 2.44 bits per heavy atom. The van der Waals surface area contributed by atoms with E-state index >= 15 is 0 Å². The maximum Gasteiger partial charge on any atom is 0.328 e. The molecule has 0 unspecified atom stereocenters. The van der Waals surface area contributed by atoms with Gasteiger partial charge in [-0.25, -0.2) is 4.79 Å². The second-order valence-corrected chi connectivity index (χ2v) is 8.53. The van der Waals surface area contributed by atoms with Crippen LogP contribution in [0.25, 0.3) is 0 Å². The van der Waals surface area contributed by atoms with E-state index in [2.05, 4.69) is 22.0 Å². The van der Waals surface area contributed by atoms with Crippen molar-refractivity contribution in [1.82, 2.24) is 5.32 Å². The summed E-state index contributed by atoms with van der Waals surface area (Å²) in [5.41, 5.74) is 3.40. The lowest BCUT2D eigenvalue weighted by molar-refractivity contribution is -0.139. The van der Waals surface area contributed by atoms with Crippen molar-refractivity contribution in [3.05, 3.63) is 77.9 Å². The van der Waals surface area contributed by atoms with Gasteiger partial charge in [0.05, 0.1) is 18.0 Å². The van der Waals surface area contributed by atoms with Crippen LogP contribution in [0.5, 0.6) is 0 Å². The number of fused-ring (bicyclic) bond motifs is 2. The molecule has 2 aliphatic heterocycles. The van der Waals surface area contributed by atoms with Gasteiger partial charge in [0.25, 0.3) is 11.8 Å². The van der Waals surface area contributed by atoms with Crippen molar-refractivity contribution in [2.45, 2.75) is 22.3 Å². The van der Waals surface area contributed by atoms with Gasteiger partial charge in [0, 0.05) is 33.0 Å². The van der Waals surface area contributed by atoms with Gasteiger partial charge in [-0.2, -0.15) is 0 Å². The Kier molecular flexibility index (Phi) is 5.28. The first-order valence-corrected chi connectivity index (χ1v) is 11.0. The number of amides is 2. The van der Waals surface area contributed by atoms with Crippen molar-refractivity contribution in [3.63, 3.8) is 0 Å². The number of cyclic esters (lactones) is 1. The SMILES string of the molecule is O=C(Nc1ccc(C(=O)N[C@H]2CCOC2=O)cc1)c1ccc2c(c1)Nc1ccccc1S2. The van der Waals surface area contributed by atoms with E-state index < -0.39 is 12.0 Å². The lowest BCUT2D eigenvalue weighted by atomic mass is 10.1. The summed E-state index contributed by atoms with van der Waals surface area (Å²) in [6.07, 6.45) is 0.471. The Hall–Kier alpha value is -3.78. The maximum atomic E-state index is 12.8. The second-order valence-electron chi connectivity index (χ2n) is 7.45. The normalized spacial score (nSPS) is 16.2. The van der Waals surface area contributed by atoms with E-state index in [1.54, 1.807) is 42.1 Å². The second kappa shape index (κ2) is 8.39. The van der Waals surface area contributed by atoms with Gasteiger partial charge in [-0.15, -0.1) is 0 Å². The standard InChI is InChI=1S/C24H19N3O4S/c28-22(27-18-11-12-31-24(18)30)14-5-8-16(9-6-14)25-23(29)15-7-10-21-19(13-15)26-17-3-1-2-4-20(17)32-21/h1-10,13,18,26H,11-12H2,(H,25,29)(H,27,28)/t18-/m0/s1. The first-order chi connectivity index (χ1) is 15.6. The number of esters is 1. The summed E-state index contributed by atoms with van der Waals surface area (Å²) in [5, 5.41) is 8.88. The Bertz CT molecular complexity index is 1230. The Morgan fingerprint density at radius 2 is 1.66 bits per heavy atom. The topological polar surface area (TPSA) is 96.5 Å². The van der Waals surface area contributed by atoms with Gasteiger partial charge in [-0.1, -0.05) is 23.9 Å². The van der Waals surface area contributed by atoms with Gasteiger partial charge >= 0.3 is 5.97 Å². The minimum atomic E-state index is -0.607. The number of anilines is 3. The molecule has 160 valence electrons. The number of benzene rings is 3. The summed E-state index contributed by atoms with van der Waals surface area (Å²) < 4.78 is 4.85. The summed E-state index contributed by atoms with van der Waals surface area (Å²) in [6.45, 7) is 0.318. The molecule has 0 bridgehead atoms. The molecule has 0 aromatic heterocycles. The van der Waals surface area contributed by atoms with Crippen LogP contribution < -0.4 is 16.0 Å². The highest BCUT2D eigenvalue weighted by Gasteiger charge is 2.28. The van der Waals surface area contributed by atoms with Gasteiger partial charge in [0.15, 0.2) is 0 Å². The highest BCUT2D eigenvalue weighted by molar-refractivity contribution is 7.99. The average molecular weight is 446 g/mol. The highest BCUT2D eigenvalue weighted by Crippen LogP contribution is 2.44. The van der Waals surface area contributed by atoms with Crippen molar-refractivity contribution in [2.24, 2.45) is 0 Å². The number of carbonyl (C=O) groups is 3. The molecular weight excluding hydrogens is 426 g/mol. The number of ether oxygens (including phenoxy) is 1. The molecule has 2 heterocycles. The van der Waals surface area contributed by atoms with E-state index in [9.17, 15) is 14.4 Å². The molecule has 1 atom stereocenters. The largest absolute Gasteiger partial charge is 0.464 e. The Morgan fingerprint density at radius 1 is 0.906 bits per heavy atom. The highest BCUT2D eigenvalue weighted by atomic mass is 32.2. The molecule has 0 saturated carbocycles. The zero-order valence-corrected chi connectivity index (χ0v) is 17.7. The predicted molar refractivity (Wildman–Crippen MR) is 122 cm³/mol. The van der Waals surface area contributed by atoms with E-state index in [1.165, 1.54) is 0 Å². The van der Waals surface area contributed by atoms with Crippen LogP contribution in [0.4, 0.5) is 17.1 Å². The molecule has 2 amide bonds. The van der Waals surface area contributed by atoms with Crippen LogP contribution in [0, 0.1) is 0 Å². The van der Waals surface area contributed by atoms with E-state index in [1.807, 2.05) is 30.3 Å². The van der Waals surface area contributed by atoms with Crippen LogP contribution in [0.15, 0.2) is 76.5 Å². The van der Waals surface area contributed by atoms with Gasteiger partial charge < -0.3 is 20.7 Å². The molecule has 2 aliphatic rings. The maximum absolute atomic E-state index is 12.8. The van der Waals surface area contributed by atoms with E-state index in [0.29, 0.717) is 29.8 Å². The van der Waals surface area contributed by atoms with Gasteiger partial charge in [0.2, 0.25) is 0 Å². The van der Waals surface area contributed by atoms with E-state index in [0.717, 1.165) is 21.2 Å². The minimum absolute atomic E-state index is 0.246. The van der Waals surface area contributed by atoms with Gasteiger partial charge in [-0.05, 0) is 54.6 Å². The quantitative estimate of drug-likeness (QED) is 0.408. The molecule has 1 saturated heterocycles. The van der Waals surface area contributed by atoms with E-state index in [4.69, 9.17) is 4.74 Å². The van der Waals surface area contributed by atoms with Crippen molar-refractivity contribution in [3.8, 4) is 0 Å². The Balaban J connectivity index is 1.24. The fraction of sp³-hybridized carbons (Fsp3) is 0.125. The van der Waals surface area contributed by atoms with Crippen LogP contribution in [0.3, 0.4) is 0 Å². The summed E-state index contributed by atoms with van der Waals surface area (Å²) >= 11 is 1.66. The first kappa shape index (κ1) is 20.1. The fourth-order valence-corrected chi connectivity index (χ4v) is 4.53. The summed E-state index contributed by atoms with van der Waals surface area (Å²) in [6, 6.07) is 19.5. The lowest BCUT2D eigenvalue weighted by Crippen LogP contribution is -2.37. The van der Waals surface area contributed by atoms with Crippen molar-refractivity contribution in [2.75, 3.05) is 17.2 Å². The van der Waals surface area contributed by atoms with Crippen LogP contribution in [-0.2, 0) is 9.53 Å². The zero-order chi connectivity index (χ0) is 22.1. The summed E-state index contributed by atoms with van der Waals surface area (Å²) in [5.74, 6) is -1.02. The van der Waals surface area contributed by atoms with Crippen molar-refractivity contribution >= 4 is 46.6 Å². The zero-order valence-electron chi connectivity index (χ0n) is 16.9. The van der Waals surface area contributed by atoms with Crippen LogP contribution in [-0.4, -0.2) is 30.4 Å². The average Bonchev–Trinajstić information content (AvgIpc) is 3.21. The monoisotopic (exact) mass is 445 g/mol. The molecule has 0 aliphatic carbocycles. The predicted octanol–water partition coefficient (Wildman–Crippen LogP) is 4.19. The molecule has 8 heteroatoms. The van der Waals surface area contributed by atoms with Crippen molar-refractivity contribution in [1.29, 1.82) is 0 Å². The number of rotatable bonds is 4. The molecule has 1 fully saturated rings. The third kappa shape index (κ3) is 4.04. The third-order valence-corrected chi connectivity index (χ3v) is 6.42. The molecule has 5 rings (SSSR count). The molecule has 3 aromatic carbocycles. The molecule has 3 aromatic rings. The van der Waals surface area contributed by atoms with Crippen LogP contribution in [0.2, 0.25) is 0 Å². The molecule has 7 nitrogen and oxygen atoms in total. The molecule has 0 spiro atoms. The molecular formula is C24H19N3O4S.